The van der Waals surface area contributed by atoms with Crippen molar-refractivity contribution in [3.05, 3.63) is 35.4 Å². The molecule has 0 spiro atoms. The lowest BCUT2D eigenvalue weighted by Crippen LogP contribution is -2.52. The zero-order valence-electron chi connectivity index (χ0n) is 9.23. The molecule has 0 aromatic heterocycles. The number of carbonyl (C=O) groups is 1. The van der Waals surface area contributed by atoms with E-state index in [0.717, 1.165) is 11.1 Å². The maximum absolute atomic E-state index is 11.9. The highest BCUT2D eigenvalue weighted by molar-refractivity contribution is 5.83. The molecule has 0 saturated heterocycles. The first-order valence-electron chi connectivity index (χ1n) is 5.30. The van der Waals surface area contributed by atoms with Gasteiger partial charge in [0.2, 0.25) is 0 Å². The second kappa shape index (κ2) is 4.23. The van der Waals surface area contributed by atoms with E-state index in [9.17, 15) is 4.79 Å². The van der Waals surface area contributed by atoms with Gasteiger partial charge in [0, 0.05) is 0 Å². The average molecular weight is 221 g/mol. The number of hydrogen-bond donors (Lipinski definition) is 1. The molecule has 4 heteroatoms. The summed E-state index contributed by atoms with van der Waals surface area (Å²) >= 11 is 0. The molecule has 1 aliphatic heterocycles. The van der Waals surface area contributed by atoms with Gasteiger partial charge in [-0.15, -0.1) is 0 Å². The predicted octanol–water partition coefficient (Wildman–Crippen LogP) is 0.934. The number of nitrogens with two attached hydrogens (primary N) is 1. The second-order valence-corrected chi connectivity index (χ2v) is 3.84. The van der Waals surface area contributed by atoms with Crippen LogP contribution in [0.5, 0.6) is 0 Å². The third-order valence-corrected chi connectivity index (χ3v) is 2.72. The number of benzene rings is 1. The molecule has 0 amide bonds. The molecule has 2 rings (SSSR count). The Morgan fingerprint density at radius 1 is 1.56 bits per heavy atom. The number of fused-ring (bicyclic) bond motifs is 1. The van der Waals surface area contributed by atoms with Crippen molar-refractivity contribution >= 4 is 5.97 Å². The fourth-order valence-electron chi connectivity index (χ4n) is 1.91. The average Bonchev–Trinajstić information content (AvgIpc) is 2.30. The molecule has 86 valence electrons. The van der Waals surface area contributed by atoms with Gasteiger partial charge in [0.25, 0.3) is 0 Å². The largest absolute Gasteiger partial charge is 0.464 e. The highest BCUT2D eigenvalue weighted by atomic mass is 16.5. The molecule has 1 aromatic rings. The quantitative estimate of drug-likeness (QED) is 0.755. The van der Waals surface area contributed by atoms with Gasteiger partial charge in [0.15, 0.2) is 5.54 Å². The van der Waals surface area contributed by atoms with Crippen LogP contribution in [0.2, 0.25) is 0 Å². The molecule has 1 aliphatic rings. The smallest absolute Gasteiger partial charge is 0.333 e. The number of hydrogen-bond acceptors (Lipinski definition) is 4. The molecule has 0 bridgehead atoms. The molecular weight excluding hydrogens is 206 g/mol. The van der Waals surface area contributed by atoms with Gasteiger partial charge in [-0.05, 0) is 18.1 Å². The van der Waals surface area contributed by atoms with Gasteiger partial charge < -0.3 is 15.2 Å². The first kappa shape index (κ1) is 11.1. The zero-order valence-corrected chi connectivity index (χ0v) is 9.23. The monoisotopic (exact) mass is 221 g/mol. The van der Waals surface area contributed by atoms with E-state index in [-0.39, 0.29) is 6.61 Å². The van der Waals surface area contributed by atoms with Crippen molar-refractivity contribution in [2.75, 3.05) is 13.2 Å². The van der Waals surface area contributed by atoms with E-state index in [4.69, 9.17) is 15.2 Å². The van der Waals surface area contributed by atoms with Gasteiger partial charge in [-0.25, -0.2) is 4.79 Å². The van der Waals surface area contributed by atoms with Crippen LogP contribution in [-0.4, -0.2) is 19.2 Å². The van der Waals surface area contributed by atoms with E-state index in [1.807, 2.05) is 24.3 Å². The minimum atomic E-state index is -1.16. The van der Waals surface area contributed by atoms with Crippen LogP contribution in [-0.2, 0) is 26.4 Å². The molecule has 4 nitrogen and oxygen atoms in total. The van der Waals surface area contributed by atoms with E-state index >= 15 is 0 Å². The van der Waals surface area contributed by atoms with E-state index in [2.05, 4.69) is 0 Å². The van der Waals surface area contributed by atoms with E-state index in [1.165, 1.54) is 0 Å². The number of rotatable bonds is 2. The fourth-order valence-corrected chi connectivity index (χ4v) is 1.91. The Morgan fingerprint density at radius 2 is 2.31 bits per heavy atom. The summed E-state index contributed by atoms with van der Waals surface area (Å²) in [5.74, 6) is -0.429. The number of carbonyl (C=O) groups excluding carboxylic acids is 1. The molecule has 1 atom stereocenters. The second-order valence-electron chi connectivity index (χ2n) is 3.84. The van der Waals surface area contributed by atoms with Crippen LogP contribution in [0.4, 0.5) is 0 Å². The van der Waals surface area contributed by atoms with Crippen LogP contribution in [0.3, 0.4) is 0 Å². The van der Waals surface area contributed by atoms with Gasteiger partial charge in [0.05, 0.1) is 19.8 Å². The standard InChI is InChI=1S/C12H15NO3/c1-2-16-11(14)12(13)8-15-7-9-5-3-4-6-10(9)12/h3-6H,2,7-8,13H2,1H3. The molecule has 1 aromatic carbocycles. The van der Waals surface area contributed by atoms with Gasteiger partial charge in [-0.1, -0.05) is 24.3 Å². The van der Waals surface area contributed by atoms with E-state index in [0.29, 0.717) is 13.2 Å². The van der Waals surface area contributed by atoms with Crippen LogP contribution in [0.15, 0.2) is 24.3 Å². The Balaban J connectivity index is 2.40. The Hall–Kier alpha value is -1.39. The third-order valence-electron chi connectivity index (χ3n) is 2.72. The SMILES string of the molecule is CCOC(=O)C1(N)COCc2ccccc21. The lowest BCUT2D eigenvalue weighted by Gasteiger charge is -2.33. The zero-order chi connectivity index (χ0) is 11.6. The molecule has 0 aliphatic carbocycles. The minimum Gasteiger partial charge on any atom is -0.464 e. The van der Waals surface area contributed by atoms with Gasteiger partial charge in [0.1, 0.15) is 0 Å². The summed E-state index contributed by atoms with van der Waals surface area (Å²) in [4.78, 5) is 11.9. The van der Waals surface area contributed by atoms with Crippen LogP contribution < -0.4 is 5.73 Å². The Bertz CT molecular complexity index is 405. The summed E-state index contributed by atoms with van der Waals surface area (Å²) in [6.45, 7) is 2.74. The Kier molecular flexibility index (Phi) is 2.94. The first-order valence-corrected chi connectivity index (χ1v) is 5.30. The molecule has 1 unspecified atom stereocenters. The van der Waals surface area contributed by atoms with Crippen LogP contribution >= 0.6 is 0 Å². The van der Waals surface area contributed by atoms with Crippen molar-refractivity contribution in [2.45, 2.75) is 19.1 Å². The van der Waals surface area contributed by atoms with Crippen molar-refractivity contribution in [1.29, 1.82) is 0 Å². The van der Waals surface area contributed by atoms with Crippen molar-refractivity contribution < 1.29 is 14.3 Å². The summed E-state index contributed by atoms with van der Waals surface area (Å²) in [5.41, 5.74) is 6.69. The summed E-state index contributed by atoms with van der Waals surface area (Å²) in [7, 11) is 0. The van der Waals surface area contributed by atoms with E-state index < -0.39 is 11.5 Å². The summed E-state index contributed by atoms with van der Waals surface area (Å²) in [6, 6.07) is 7.54. The maximum Gasteiger partial charge on any atom is 0.333 e. The number of ether oxygens (including phenoxy) is 2. The molecule has 0 radical (unpaired) electrons. The fraction of sp³-hybridized carbons (Fsp3) is 0.417. The molecule has 1 heterocycles. The maximum atomic E-state index is 11.9. The van der Waals surface area contributed by atoms with Crippen LogP contribution in [0.25, 0.3) is 0 Å². The van der Waals surface area contributed by atoms with Crippen molar-refractivity contribution in [1.82, 2.24) is 0 Å². The van der Waals surface area contributed by atoms with Crippen molar-refractivity contribution in [3.63, 3.8) is 0 Å². The minimum absolute atomic E-state index is 0.169. The lowest BCUT2D eigenvalue weighted by molar-refractivity contribution is -0.154. The molecule has 16 heavy (non-hydrogen) atoms. The summed E-state index contributed by atoms with van der Waals surface area (Å²) in [5, 5.41) is 0. The summed E-state index contributed by atoms with van der Waals surface area (Å²) in [6.07, 6.45) is 0. The van der Waals surface area contributed by atoms with Crippen molar-refractivity contribution in [3.8, 4) is 0 Å². The van der Waals surface area contributed by atoms with Crippen LogP contribution in [0.1, 0.15) is 18.1 Å². The van der Waals surface area contributed by atoms with Crippen LogP contribution in [0, 0.1) is 0 Å². The molecular formula is C12H15NO3. The normalized spacial score (nSPS) is 23.6. The molecule has 0 fully saturated rings. The molecule has 0 saturated carbocycles. The first-order chi connectivity index (χ1) is 7.68. The number of esters is 1. The third kappa shape index (κ3) is 1.70. The van der Waals surface area contributed by atoms with Gasteiger partial charge in [-0.3, -0.25) is 0 Å². The van der Waals surface area contributed by atoms with Crippen molar-refractivity contribution in [2.24, 2.45) is 5.73 Å². The topological polar surface area (TPSA) is 61.5 Å². The summed E-state index contributed by atoms with van der Waals surface area (Å²) < 4.78 is 10.4. The van der Waals surface area contributed by atoms with Gasteiger partial charge in [-0.2, -0.15) is 0 Å². The predicted molar refractivity (Wildman–Crippen MR) is 58.6 cm³/mol. The Morgan fingerprint density at radius 3 is 3.06 bits per heavy atom. The highest BCUT2D eigenvalue weighted by Gasteiger charge is 2.41. The van der Waals surface area contributed by atoms with Gasteiger partial charge >= 0.3 is 5.97 Å². The van der Waals surface area contributed by atoms with E-state index in [1.54, 1.807) is 6.92 Å². The molecule has 2 N–H and O–H groups in total. The Labute approximate surface area is 94.3 Å². The lowest BCUT2D eigenvalue weighted by atomic mass is 9.86. The highest BCUT2D eigenvalue weighted by Crippen LogP contribution is 2.29.